The molecule has 1 N–H and O–H groups in total. The number of aliphatic carboxylic acids is 1. The van der Waals surface area contributed by atoms with Gasteiger partial charge >= 0.3 is 5.97 Å². The highest BCUT2D eigenvalue weighted by atomic mass is 16.4. The number of hydrogen-bond donors (Lipinski definition) is 1. The molecule has 0 aromatic carbocycles. The molecular formula is C19H17N5O3. The summed E-state index contributed by atoms with van der Waals surface area (Å²) >= 11 is 0. The minimum Gasteiger partial charge on any atom is -0.481 e. The molecule has 4 heterocycles. The molecule has 2 aromatic rings. The Morgan fingerprint density at radius 3 is 2.89 bits per heavy atom. The first-order valence-corrected chi connectivity index (χ1v) is 8.66. The summed E-state index contributed by atoms with van der Waals surface area (Å²) in [7, 11) is 0. The number of ketones is 1. The van der Waals surface area contributed by atoms with E-state index in [2.05, 4.69) is 20.0 Å². The zero-order valence-electron chi connectivity index (χ0n) is 14.5. The minimum absolute atomic E-state index is 0.00885. The van der Waals surface area contributed by atoms with Crippen LogP contribution >= 0.6 is 0 Å². The number of fused-ring (bicyclic) bond motifs is 3. The van der Waals surface area contributed by atoms with Gasteiger partial charge in [-0.25, -0.2) is 9.98 Å². The maximum absolute atomic E-state index is 12.6. The number of carbonyl (C=O) groups is 2. The number of amidine groups is 2. The van der Waals surface area contributed by atoms with Gasteiger partial charge in [0.25, 0.3) is 0 Å². The van der Waals surface area contributed by atoms with Crippen LogP contribution in [0.15, 0.2) is 46.6 Å². The summed E-state index contributed by atoms with van der Waals surface area (Å²) in [6, 6.07) is 7.14. The molecule has 2 aliphatic heterocycles. The van der Waals surface area contributed by atoms with Crippen molar-refractivity contribution in [2.24, 2.45) is 9.98 Å². The van der Waals surface area contributed by atoms with Gasteiger partial charge in [0.2, 0.25) is 0 Å². The van der Waals surface area contributed by atoms with Crippen molar-refractivity contribution < 1.29 is 14.7 Å². The lowest BCUT2D eigenvalue weighted by atomic mass is 10.1. The number of aromatic nitrogens is 2. The average molecular weight is 363 g/mol. The van der Waals surface area contributed by atoms with Crippen molar-refractivity contribution in [1.82, 2.24) is 14.9 Å². The standard InChI is InChI=1S/C19H17N5O3/c25-15(12-2-1-7-20-11-12)10-16-23-18-14(19-21-8-9-24(16)19)5-3-13(22-18)4-6-17(26)27/h1-3,5,7,11H,4,6,8-10H2,(H,26,27). The zero-order valence-corrected chi connectivity index (χ0v) is 14.5. The predicted molar refractivity (Wildman–Crippen MR) is 98.6 cm³/mol. The van der Waals surface area contributed by atoms with Gasteiger partial charge in [0, 0.05) is 36.6 Å². The summed E-state index contributed by atoms with van der Waals surface area (Å²) < 4.78 is 0. The van der Waals surface area contributed by atoms with Crippen LogP contribution in [0.4, 0.5) is 5.82 Å². The molecule has 0 fully saturated rings. The van der Waals surface area contributed by atoms with E-state index in [9.17, 15) is 9.59 Å². The van der Waals surface area contributed by atoms with Crippen molar-refractivity contribution >= 4 is 29.2 Å². The molecule has 136 valence electrons. The molecular weight excluding hydrogens is 346 g/mol. The van der Waals surface area contributed by atoms with Crippen molar-refractivity contribution in [3.05, 3.63) is 53.5 Å². The van der Waals surface area contributed by atoms with Gasteiger partial charge in [-0.2, -0.15) is 0 Å². The molecule has 4 rings (SSSR count). The van der Waals surface area contributed by atoms with Gasteiger partial charge in [-0.05, 0) is 24.3 Å². The number of carbonyl (C=O) groups excluding carboxylic acids is 1. The first kappa shape index (κ1) is 17.0. The van der Waals surface area contributed by atoms with E-state index < -0.39 is 5.97 Å². The van der Waals surface area contributed by atoms with Crippen molar-refractivity contribution in [2.75, 3.05) is 13.1 Å². The Labute approximate surface area is 155 Å². The Bertz CT molecular complexity index is 969. The first-order valence-electron chi connectivity index (χ1n) is 8.66. The molecule has 0 amide bonds. The van der Waals surface area contributed by atoms with Crippen LogP contribution in [0.2, 0.25) is 0 Å². The van der Waals surface area contributed by atoms with Gasteiger partial charge in [-0.3, -0.25) is 19.6 Å². The number of Topliss-reactive ketones (excluding diaryl/α,β-unsaturated/α-hetero) is 1. The molecule has 0 spiro atoms. The summed E-state index contributed by atoms with van der Waals surface area (Å²) in [5, 5.41) is 8.86. The quantitative estimate of drug-likeness (QED) is 0.785. The lowest BCUT2D eigenvalue weighted by molar-refractivity contribution is -0.136. The molecule has 2 aromatic heterocycles. The summed E-state index contributed by atoms with van der Waals surface area (Å²) in [5.41, 5.74) is 2.00. The van der Waals surface area contributed by atoms with E-state index in [1.807, 2.05) is 17.0 Å². The predicted octanol–water partition coefficient (Wildman–Crippen LogP) is 1.87. The molecule has 0 radical (unpaired) electrons. The lowest BCUT2D eigenvalue weighted by Crippen LogP contribution is -2.38. The van der Waals surface area contributed by atoms with Gasteiger partial charge in [0.15, 0.2) is 11.6 Å². The van der Waals surface area contributed by atoms with Crippen molar-refractivity contribution in [2.45, 2.75) is 19.3 Å². The van der Waals surface area contributed by atoms with Crippen LogP contribution in [0.1, 0.15) is 34.5 Å². The number of carboxylic acids is 1. The molecule has 0 bridgehead atoms. The van der Waals surface area contributed by atoms with Crippen LogP contribution in [-0.2, 0) is 11.2 Å². The smallest absolute Gasteiger partial charge is 0.303 e. The molecule has 0 unspecified atom stereocenters. The summed E-state index contributed by atoms with van der Waals surface area (Å²) in [5.74, 6) is 0.927. The molecule has 8 nitrogen and oxygen atoms in total. The number of aliphatic imine (C=N–C) groups is 2. The second-order valence-corrected chi connectivity index (χ2v) is 6.29. The maximum atomic E-state index is 12.6. The van der Waals surface area contributed by atoms with Crippen molar-refractivity contribution in [3.8, 4) is 0 Å². The Morgan fingerprint density at radius 1 is 1.22 bits per heavy atom. The normalized spacial score (nSPS) is 14.9. The molecule has 8 heteroatoms. The number of rotatable bonds is 6. The van der Waals surface area contributed by atoms with E-state index in [0.29, 0.717) is 42.4 Å². The second-order valence-electron chi connectivity index (χ2n) is 6.29. The van der Waals surface area contributed by atoms with E-state index in [0.717, 1.165) is 11.4 Å². The second kappa shape index (κ2) is 7.06. The van der Waals surface area contributed by atoms with Gasteiger partial charge in [0.1, 0.15) is 11.7 Å². The topological polar surface area (TPSA) is 108 Å². The largest absolute Gasteiger partial charge is 0.481 e. The molecule has 2 aliphatic rings. The van der Waals surface area contributed by atoms with Crippen LogP contribution < -0.4 is 0 Å². The number of carboxylic acid groups (broad SMARTS) is 1. The SMILES string of the molecule is O=C(O)CCc1ccc2c(n1)N=C(CC(=O)c1cccnc1)N1CCN=C21. The number of hydrogen-bond acceptors (Lipinski definition) is 7. The zero-order chi connectivity index (χ0) is 18.8. The Kier molecular flexibility index (Phi) is 4.45. The number of aryl methyl sites for hydroxylation is 1. The lowest BCUT2D eigenvalue weighted by Gasteiger charge is -2.27. The van der Waals surface area contributed by atoms with E-state index in [1.54, 1.807) is 24.5 Å². The van der Waals surface area contributed by atoms with Crippen LogP contribution in [0, 0.1) is 0 Å². The van der Waals surface area contributed by atoms with E-state index in [4.69, 9.17) is 5.11 Å². The first-order chi connectivity index (χ1) is 13.1. The average Bonchev–Trinajstić information content (AvgIpc) is 3.17. The fourth-order valence-electron chi connectivity index (χ4n) is 3.14. The fraction of sp³-hybridized carbons (Fsp3) is 0.263. The van der Waals surface area contributed by atoms with Gasteiger partial charge in [-0.1, -0.05) is 0 Å². The van der Waals surface area contributed by atoms with E-state index in [-0.39, 0.29) is 18.6 Å². The molecule has 0 aliphatic carbocycles. The highest BCUT2D eigenvalue weighted by Crippen LogP contribution is 2.28. The number of pyridine rings is 2. The van der Waals surface area contributed by atoms with E-state index >= 15 is 0 Å². The molecule has 0 saturated carbocycles. The Morgan fingerprint density at radius 2 is 2.11 bits per heavy atom. The van der Waals surface area contributed by atoms with Crippen molar-refractivity contribution in [3.63, 3.8) is 0 Å². The van der Waals surface area contributed by atoms with Crippen LogP contribution in [-0.4, -0.2) is 56.5 Å². The highest BCUT2D eigenvalue weighted by molar-refractivity contribution is 6.20. The van der Waals surface area contributed by atoms with Gasteiger partial charge in [0.05, 0.1) is 24.9 Å². The molecule has 0 atom stereocenters. The third-order valence-electron chi connectivity index (χ3n) is 4.46. The molecule has 27 heavy (non-hydrogen) atoms. The van der Waals surface area contributed by atoms with Gasteiger partial charge in [-0.15, -0.1) is 0 Å². The third-order valence-corrected chi connectivity index (χ3v) is 4.46. The summed E-state index contributed by atoms with van der Waals surface area (Å²) in [6.45, 7) is 1.31. The minimum atomic E-state index is -0.868. The van der Waals surface area contributed by atoms with Crippen molar-refractivity contribution in [1.29, 1.82) is 0 Å². The van der Waals surface area contributed by atoms with Crippen LogP contribution in [0.5, 0.6) is 0 Å². The van der Waals surface area contributed by atoms with Crippen LogP contribution in [0.3, 0.4) is 0 Å². The Hall–Kier alpha value is -3.42. The van der Waals surface area contributed by atoms with Crippen LogP contribution in [0.25, 0.3) is 0 Å². The monoisotopic (exact) mass is 363 g/mol. The van der Waals surface area contributed by atoms with E-state index in [1.165, 1.54) is 0 Å². The molecule has 0 saturated heterocycles. The summed E-state index contributed by atoms with van der Waals surface area (Å²) in [4.78, 5) is 43.0. The maximum Gasteiger partial charge on any atom is 0.303 e. The third kappa shape index (κ3) is 3.46. The number of nitrogens with zero attached hydrogens (tertiary/aromatic N) is 5. The highest BCUT2D eigenvalue weighted by Gasteiger charge is 2.31. The van der Waals surface area contributed by atoms with Gasteiger partial charge < -0.3 is 10.0 Å². The Balaban J connectivity index is 1.64. The fourth-order valence-corrected chi connectivity index (χ4v) is 3.14. The summed E-state index contributed by atoms with van der Waals surface area (Å²) in [6.07, 6.45) is 3.64.